The van der Waals surface area contributed by atoms with Gasteiger partial charge in [0.1, 0.15) is 11.6 Å². The Hall–Kier alpha value is -2.28. The maximum Gasteiger partial charge on any atom is 0.230 e. The van der Waals surface area contributed by atoms with E-state index in [-0.39, 0.29) is 5.91 Å². The SMILES string of the molecule is Cc1noc(C)c1CSCC(=O)NCc1nc2ccccc2[nH]1. The number of benzene rings is 1. The lowest BCUT2D eigenvalue weighted by Gasteiger charge is -2.03. The Labute approximate surface area is 138 Å². The molecule has 23 heavy (non-hydrogen) atoms. The van der Waals surface area contributed by atoms with Crippen molar-refractivity contribution in [3.8, 4) is 0 Å². The molecule has 2 aromatic heterocycles. The number of H-pyrrole nitrogens is 1. The number of aromatic nitrogens is 3. The van der Waals surface area contributed by atoms with Gasteiger partial charge in [0.2, 0.25) is 5.91 Å². The summed E-state index contributed by atoms with van der Waals surface area (Å²) in [4.78, 5) is 19.5. The van der Waals surface area contributed by atoms with Crippen LogP contribution < -0.4 is 5.32 Å². The fourth-order valence-electron chi connectivity index (χ4n) is 2.28. The maximum atomic E-state index is 11.9. The number of amides is 1. The quantitative estimate of drug-likeness (QED) is 0.726. The van der Waals surface area contributed by atoms with Gasteiger partial charge >= 0.3 is 0 Å². The monoisotopic (exact) mass is 330 g/mol. The maximum absolute atomic E-state index is 11.9. The number of aromatic amines is 1. The van der Waals surface area contributed by atoms with Crippen molar-refractivity contribution in [2.24, 2.45) is 0 Å². The third-order valence-electron chi connectivity index (χ3n) is 3.55. The van der Waals surface area contributed by atoms with Crippen molar-refractivity contribution in [2.45, 2.75) is 26.1 Å². The summed E-state index contributed by atoms with van der Waals surface area (Å²) >= 11 is 1.54. The number of hydrogen-bond acceptors (Lipinski definition) is 5. The van der Waals surface area contributed by atoms with Gasteiger partial charge in [0, 0.05) is 11.3 Å². The number of aryl methyl sites for hydroxylation is 2. The van der Waals surface area contributed by atoms with E-state index >= 15 is 0 Å². The summed E-state index contributed by atoms with van der Waals surface area (Å²) in [6, 6.07) is 7.80. The number of nitrogens with zero attached hydrogens (tertiary/aromatic N) is 2. The first-order valence-corrected chi connectivity index (χ1v) is 8.49. The molecule has 120 valence electrons. The van der Waals surface area contributed by atoms with Crippen LogP contribution in [0.4, 0.5) is 0 Å². The van der Waals surface area contributed by atoms with Crippen molar-refractivity contribution in [3.63, 3.8) is 0 Å². The number of imidazole rings is 1. The van der Waals surface area contributed by atoms with E-state index in [0.717, 1.165) is 39.6 Å². The Kier molecular flexibility index (Phi) is 4.66. The highest BCUT2D eigenvalue weighted by Crippen LogP contribution is 2.19. The van der Waals surface area contributed by atoms with E-state index in [0.29, 0.717) is 12.3 Å². The molecule has 0 atom stereocenters. The van der Waals surface area contributed by atoms with Crippen LogP contribution in [0, 0.1) is 13.8 Å². The molecule has 1 amide bonds. The molecule has 0 aliphatic rings. The van der Waals surface area contributed by atoms with Gasteiger partial charge in [-0.1, -0.05) is 17.3 Å². The van der Waals surface area contributed by atoms with Crippen molar-refractivity contribution in [2.75, 3.05) is 5.75 Å². The lowest BCUT2D eigenvalue weighted by atomic mass is 10.2. The average Bonchev–Trinajstić information content (AvgIpc) is 3.10. The fourth-order valence-corrected chi connectivity index (χ4v) is 3.28. The molecule has 2 heterocycles. The molecule has 0 aliphatic heterocycles. The smallest absolute Gasteiger partial charge is 0.230 e. The van der Waals surface area contributed by atoms with Crippen molar-refractivity contribution < 1.29 is 9.32 Å². The van der Waals surface area contributed by atoms with Crippen LogP contribution in [0.15, 0.2) is 28.8 Å². The molecule has 0 radical (unpaired) electrons. The van der Waals surface area contributed by atoms with Gasteiger partial charge in [-0.3, -0.25) is 4.79 Å². The van der Waals surface area contributed by atoms with Gasteiger partial charge < -0.3 is 14.8 Å². The van der Waals surface area contributed by atoms with Crippen LogP contribution in [0.1, 0.15) is 22.8 Å². The van der Waals surface area contributed by atoms with Crippen LogP contribution in [0.25, 0.3) is 11.0 Å². The summed E-state index contributed by atoms with van der Waals surface area (Å²) in [6.45, 7) is 4.20. The van der Waals surface area contributed by atoms with E-state index in [9.17, 15) is 4.79 Å². The number of carbonyl (C=O) groups is 1. The molecule has 6 nitrogen and oxygen atoms in total. The first-order valence-electron chi connectivity index (χ1n) is 7.33. The molecule has 0 aliphatic carbocycles. The molecule has 3 rings (SSSR count). The summed E-state index contributed by atoms with van der Waals surface area (Å²) in [5.74, 6) is 2.68. The van der Waals surface area contributed by atoms with Crippen LogP contribution >= 0.6 is 11.8 Å². The average molecular weight is 330 g/mol. The summed E-state index contributed by atoms with van der Waals surface area (Å²) in [5, 5.41) is 6.79. The van der Waals surface area contributed by atoms with Crippen LogP contribution in [0.3, 0.4) is 0 Å². The lowest BCUT2D eigenvalue weighted by Crippen LogP contribution is -2.25. The second-order valence-electron chi connectivity index (χ2n) is 5.27. The van der Waals surface area contributed by atoms with Gasteiger partial charge in [-0.05, 0) is 26.0 Å². The molecular formula is C16H18N4O2S. The largest absolute Gasteiger partial charge is 0.361 e. The molecule has 2 N–H and O–H groups in total. The van der Waals surface area contributed by atoms with E-state index in [2.05, 4.69) is 20.4 Å². The zero-order valence-electron chi connectivity index (χ0n) is 13.0. The number of carbonyl (C=O) groups excluding carboxylic acids is 1. The molecule has 0 saturated carbocycles. The van der Waals surface area contributed by atoms with E-state index in [1.54, 1.807) is 11.8 Å². The standard InChI is InChI=1S/C16H18N4O2S/c1-10-12(11(2)22-20-10)8-23-9-16(21)17-7-15-18-13-5-3-4-6-14(13)19-15/h3-6H,7-9H2,1-2H3,(H,17,21)(H,18,19). The van der Waals surface area contributed by atoms with E-state index < -0.39 is 0 Å². The Morgan fingerprint density at radius 1 is 1.35 bits per heavy atom. The third-order valence-corrected chi connectivity index (χ3v) is 4.51. The second kappa shape index (κ2) is 6.87. The lowest BCUT2D eigenvalue weighted by molar-refractivity contribution is -0.118. The van der Waals surface area contributed by atoms with Gasteiger partial charge in [0.25, 0.3) is 0 Å². The zero-order valence-corrected chi connectivity index (χ0v) is 13.9. The topological polar surface area (TPSA) is 83.8 Å². The summed E-state index contributed by atoms with van der Waals surface area (Å²) in [5.41, 5.74) is 3.84. The Morgan fingerprint density at radius 3 is 2.91 bits per heavy atom. The van der Waals surface area contributed by atoms with Gasteiger partial charge in [0.05, 0.1) is 29.0 Å². The van der Waals surface area contributed by atoms with Crippen molar-refractivity contribution in [1.29, 1.82) is 0 Å². The molecule has 7 heteroatoms. The minimum Gasteiger partial charge on any atom is -0.361 e. The molecule has 0 fully saturated rings. The predicted molar refractivity (Wildman–Crippen MR) is 90.1 cm³/mol. The molecule has 0 bridgehead atoms. The summed E-state index contributed by atoms with van der Waals surface area (Å²) in [6.07, 6.45) is 0. The van der Waals surface area contributed by atoms with Crippen molar-refractivity contribution in [3.05, 3.63) is 47.1 Å². The summed E-state index contributed by atoms with van der Waals surface area (Å²) in [7, 11) is 0. The van der Waals surface area contributed by atoms with Gasteiger partial charge in [-0.2, -0.15) is 0 Å². The minimum absolute atomic E-state index is 0.0118. The highest BCUT2D eigenvalue weighted by atomic mass is 32.2. The van der Waals surface area contributed by atoms with Crippen LogP contribution in [-0.2, 0) is 17.1 Å². The number of fused-ring (bicyclic) bond motifs is 1. The Balaban J connectivity index is 1.46. The highest BCUT2D eigenvalue weighted by Gasteiger charge is 2.10. The minimum atomic E-state index is -0.0118. The number of hydrogen-bond donors (Lipinski definition) is 2. The normalized spacial score (nSPS) is 11.0. The molecule has 3 aromatic rings. The zero-order chi connectivity index (χ0) is 16.2. The van der Waals surface area contributed by atoms with Crippen LogP contribution in [0.2, 0.25) is 0 Å². The number of rotatable bonds is 6. The van der Waals surface area contributed by atoms with E-state index in [1.165, 1.54) is 0 Å². The van der Waals surface area contributed by atoms with Gasteiger partial charge in [0.15, 0.2) is 0 Å². The van der Waals surface area contributed by atoms with Crippen molar-refractivity contribution >= 4 is 28.7 Å². The van der Waals surface area contributed by atoms with Gasteiger partial charge in [-0.15, -0.1) is 11.8 Å². The fraction of sp³-hybridized carbons (Fsp3) is 0.312. The Bertz CT molecular complexity index is 772. The van der Waals surface area contributed by atoms with Gasteiger partial charge in [-0.25, -0.2) is 4.98 Å². The third kappa shape index (κ3) is 3.73. The Morgan fingerprint density at radius 2 is 2.17 bits per heavy atom. The number of thioether (sulfide) groups is 1. The first-order chi connectivity index (χ1) is 11.1. The van der Waals surface area contributed by atoms with E-state index in [4.69, 9.17) is 4.52 Å². The predicted octanol–water partition coefficient (Wildman–Crippen LogP) is 2.72. The highest BCUT2D eigenvalue weighted by molar-refractivity contribution is 7.99. The number of nitrogens with one attached hydrogen (secondary N) is 2. The molecule has 0 saturated heterocycles. The van der Waals surface area contributed by atoms with E-state index in [1.807, 2.05) is 38.1 Å². The molecule has 1 aromatic carbocycles. The van der Waals surface area contributed by atoms with Crippen LogP contribution in [0.5, 0.6) is 0 Å². The summed E-state index contributed by atoms with van der Waals surface area (Å²) < 4.78 is 5.11. The van der Waals surface area contributed by atoms with Crippen molar-refractivity contribution in [1.82, 2.24) is 20.4 Å². The number of para-hydroxylation sites is 2. The molecular weight excluding hydrogens is 312 g/mol. The second-order valence-corrected chi connectivity index (χ2v) is 6.26. The van der Waals surface area contributed by atoms with Crippen LogP contribution in [-0.4, -0.2) is 26.8 Å². The first kappa shape index (κ1) is 15.6. The molecule has 0 spiro atoms. The molecule has 0 unspecified atom stereocenters.